The van der Waals surface area contributed by atoms with Crippen molar-refractivity contribution in [1.82, 2.24) is 5.32 Å². The molecule has 0 aromatic heterocycles. The molecule has 4 nitrogen and oxygen atoms in total. The standard InChI is InChI=1S/C25H28N2O2/c1-29-24-15-22(26-25(27-24)21-8-4-5-9-23(21)28)19-11-10-18-12-16-6-2-3-7-17(16)13-20(18)14-19/h2-9,11,14-18,21-23,28H,10,12-13H2,1H3,(H,26,27). The number of nitrogens with one attached hydrogen (secondary N) is 1. The lowest BCUT2D eigenvalue weighted by Gasteiger charge is -2.38. The van der Waals surface area contributed by atoms with E-state index in [-0.39, 0.29) is 12.0 Å². The van der Waals surface area contributed by atoms with Crippen molar-refractivity contribution >= 4 is 5.84 Å². The van der Waals surface area contributed by atoms with Gasteiger partial charge in [0.2, 0.25) is 0 Å². The Balaban J connectivity index is 1.40. The Morgan fingerprint density at radius 3 is 2.69 bits per heavy atom. The molecule has 1 saturated carbocycles. The van der Waals surface area contributed by atoms with Crippen molar-refractivity contribution in [3.8, 4) is 0 Å². The topological polar surface area (TPSA) is 53.9 Å². The van der Waals surface area contributed by atoms with E-state index in [0.717, 1.165) is 18.7 Å². The summed E-state index contributed by atoms with van der Waals surface area (Å²) in [6, 6.07) is -0.0827. The molecule has 0 spiro atoms. The van der Waals surface area contributed by atoms with Crippen LogP contribution in [0.5, 0.6) is 0 Å². The Morgan fingerprint density at radius 2 is 1.86 bits per heavy atom. The molecule has 0 amide bonds. The summed E-state index contributed by atoms with van der Waals surface area (Å²) in [5.41, 5.74) is 2.80. The molecule has 29 heavy (non-hydrogen) atoms. The summed E-state index contributed by atoms with van der Waals surface area (Å²) < 4.78 is 5.53. The third kappa shape index (κ3) is 3.58. The first kappa shape index (κ1) is 18.4. The zero-order chi connectivity index (χ0) is 19.8. The van der Waals surface area contributed by atoms with Crippen LogP contribution in [0.15, 0.2) is 88.9 Å². The third-order valence-corrected chi connectivity index (χ3v) is 6.74. The molecule has 5 aliphatic rings. The van der Waals surface area contributed by atoms with Crippen LogP contribution in [-0.2, 0) is 4.74 Å². The van der Waals surface area contributed by atoms with Crippen molar-refractivity contribution in [2.75, 3.05) is 7.11 Å². The van der Waals surface area contributed by atoms with Crippen LogP contribution in [0.2, 0.25) is 0 Å². The summed E-state index contributed by atoms with van der Waals surface area (Å²) in [6.45, 7) is 0. The van der Waals surface area contributed by atoms with Gasteiger partial charge in [0.05, 0.1) is 19.1 Å². The first-order valence-electron chi connectivity index (χ1n) is 10.6. The summed E-state index contributed by atoms with van der Waals surface area (Å²) in [6.07, 6.45) is 26.4. The van der Waals surface area contributed by atoms with Crippen molar-refractivity contribution in [2.45, 2.75) is 31.4 Å². The third-order valence-electron chi connectivity index (χ3n) is 6.74. The minimum absolute atomic E-state index is 0.0827. The predicted molar refractivity (Wildman–Crippen MR) is 116 cm³/mol. The van der Waals surface area contributed by atoms with Gasteiger partial charge in [-0.2, -0.15) is 0 Å². The minimum atomic E-state index is -0.576. The zero-order valence-electron chi connectivity index (χ0n) is 16.7. The Morgan fingerprint density at radius 1 is 1.07 bits per heavy atom. The Bertz CT molecular complexity index is 915. The van der Waals surface area contributed by atoms with Crippen LogP contribution in [-0.4, -0.2) is 30.2 Å². The maximum atomic E-state index is 10.4. The van der Waals surface area contributed by atoms with E-state index in [1.54, 1.807) is 18.8 Å². The number of amidine groups is 1. The molecule has 0 aromatic rings. The number of aliphatic hydroxyl groups is 1. The summed E-state index contributed by atoms with van der Waals surface area (Å²) in [5.74, 6) is 3.25. The first-order chi connectivity index (χ1) is 14.2. The summed E-state index contributed by atoms with van der Waals surface area (Å²) in [4.78, 5) is 4.96. The smallest absolute Gasteiger partial charge is 0.190 e. The molecule has 5 rings (SSSR count). The van der Waals surface area contributed by atoms with Gasteiger partial charge in [-0.1, -0.05) is 66.3 Å². The van der Waals surface area contributed by atoms with Crippen molar-refractivity contribution < 1.29 is 9.84 Å². The van der Waals surface area contributed by atoms with Crippen LogP contribution < -0.4 is 5.32 Å². The van der Waals surface area contributed by atoms with Gasteiger partial charge in [0, 0.05) is 6.08 Å². The molecule has 0 saturated heterocycles. The van der Waals surface area contributed by atoms with Crippen molar-refractivity contribution in [2.24, 2.45) is 28.7 Å². The fourth-order valence-corrected chi connectivity index (χ4v) is 5.11. The maximum Gasteiger partial charge on any atom is 0.190 e. The molecule has 1 heterocycles. The van der Waals surface area contributed by atoms with Crippen LogP contribution >= 0.6 is 0 Å². The second-order valence-corrected chi connectivity index (χ2v) is 8.50. The van der Waals surface area contributed by atoms with Crippen LogP contribution in [0, 0.1) is 23.7 Å². The number of allylic oxidation sites excluding steroid dienone is 8. The maximum absolute atomic E-state index is 10.4. The highest BCUT2D eigenvalue weighted by atomic mass is 16.5. The first-order valence-corrected chi connectivity index (χ1v) is 10.6. The highest BCUT2D eigenvalue weighted by molar-refractivity contribution is 5.89. The van der Waals surface area contributed by atoms with Gasteiger partial charge >= 0.3 is 0 Å². The van der Waals surface area contributed by atoms with Gasteiger partial charge in [-0.25, -0.2) is 0 Å². The molecule has 4 heteroatoms. The lowest BCUT2D eigenvalue weighted by atomic mass is 9.67. The van der Waals surface area contributed by atoms with E-state index in [4.69, 9.17) is 9.73 Å². The van der Waals surface area contributed by atoms with Gasteiger partial charge < -0.3 is 15.2 Å². The molecule has 0 bridgehead atoms. The fourth-order valence-electron chi connectivity index (χ4n) is 5.11. The van der Waals surface area contributed by atoms with Gasteiger partial charge in [0.25, 0.3) is 0 Å². The predicted octanol–water partition coefficient (Wildman–Crippen LogP) is 3.97. The molecule has 0 aromatic carbocycles. The lowest BCUT2D eigenvalue weighted by molar-refractivity contribution is 0.198. The Hall–Kier alpha value is -2.59. The number of fused-ring (bicyclic) bond motifs is 2. The normalized spacial score (nSPS) is 37.4. The van der Waals surface area contributed by atoms with Crippen LogP contribution in [0.3, 0.4) is 0 Å². The number of nitrogens with zero attached hydrogens (tertiary/aromatic N) is 1. The van der Waals surface area contributed by atoms with E-state index in [1.807, 2.05) is 24.3 Å². The molecular weight excluding hydrogens is 360 g/mol. The number of rotatable bonds is 3. The second kappa shape index (κ2) is 7.68. The highest BCUT2D eigenvalue weighted by Gasteiger charge is 2.34. The number of aliphatic hydroxyl groups excluding tert-OH is 1. The van der Waals surface area contributed by atoms with Crippen molar-refractivity contribution in [1.29, 1.82) is 0 Å². The van der Waals surface area contributed by atoms with E-state index < -0.39 is 6.10 Å². The van der Waals surface area contributed by atoms with Gasteiger partial charge in [-0.05, 0) is 42.6 Å². The number of aliphatic imine (C=N–C) groups is 1. The highest BCUT2D eigenvalue weighted by Crippen LogP contribution is 2.44. The largest absolute Gasteiger partial charge is 0.482 e. The molecule has 150 valence electrons. The van der Waals surface area contributed by atoms with Crippen molar-refractivity contribution in [3.63, 3.8) is 0 Å². The second-order valence-electron chi connectivity index (χ2n) is 8.50. The van der Waals surface area contributed by atoms with Crippen LogP contribution in [0.25, 0.3) is 0 Å². The van der Waals surface area contributed by atoms with Crippen LogP contribution in [0.1, 0.15) is 19.3 Å². The van der Waals surface area contributed by atoms with Gasteiger partial charge in [0.1, 0.15) is 11.9 Å². The van der Waals surface area contributed by atoms with Crippen LogP contribution in [0.4, 0.5) is 0 Å². The number of hydrogen-bond donors (Lipinski definition) is 2. The van der Waals surface area contributed by atoms with E-state index in [1.165, 1.54) is 12.0 Å². The monoisotopic (exact) mass is 388 g/mol. The van der Waals surface area contributed by atoms with E-state index in [9.17, 15) is 5.11 Å². The lowest BCUT2D eigenvalue weighted by Crippen LogP contribution is -2.40. The minimum Gasteiger partial charge on any atom is -0.482 e. The number of methoxy groups -OCH3 is 1. The average Bonchev–Trinajstić information content (AvgIpc) is 2.77. The molecule has 6 unspecified atom stereocenters. The average molecular weight is 389 g/mol. The van der Waals surface area contributed by atoms with Crippen molar-refractivity contribution in [3.05, 3.63) is 83.9 Å². The molecular formula is C25H28N2O2. The van der Waals surface area contributed by atoms with E-state index >= 15 is 0 Å². The number of ether oxygens (including phenoxy) is 1. The molecule has 2 N–H and O–H groups in total. The molecule has 1 aliphatic heterocycles. The van der Waals surface area contributed by atoms with E-state index in [2.05, 4.69) is 41.8 Å². The van der Waals surface area contributed by atoms with Gasteiger partial charge in [-0.15, -0.1) is 0 Å². The Labute approximate surface area is 172 Å². The Kier molecular flexibility index (Phi) is 4.88. The molecule has 6 atom stereocenters. The summed E-state index contributed by atoms with van der Waals surface area (Å²) >= 11 is 0. The molecule has 4 aliphatic carbocycles. The van der Waals surface area contributed by atoms with E-state index in [0.29, 0.717) is 23.6 Å². The number of hydrogen-bond acceptors (Lipinski definition) is 4. The summed E-state index contributed by atoms with van der Waals surface area (Å²) in [5, 5.41) is 13.6. The fraction of sp³-hybridized carbons (Fsp3) is 0.400. The van der Waals surface area contributed by atoms with Gasteiger partial charge in [0.15, 0.2) is 5.88 Å². The SMILES string of the molecule is COC1=CC(C2=CCC3CC4C=CC=CC4CC3=C2)N=C(C2C=CC=CC2O)N1. The van der Waals surface area contributed by atoms with Gasteiger partial charge in [-0.3, -0.25) is 4.99 Å². The summed E-state index contributed by atoms with van der Waals surface area (Å²) in [7, 11) is 1.67. The molecule has 0 radical (unpaired) electrons. The quantitative estimate of drug-likeness (QED) is 0.769. The molecule has 1 fully saturated rings. The zero-order valence-corrected chi connectivity index (χ0v) is 16.7.